The van der Waals surface area contributed by atoms with Crippen molar-refractivity contribution >= 4 is 0 Å². The Morgan fingerprint density at radius 1 is 1.42 bits per heavy atom. The Hall–Kier alpha value is -1.02. The largest absolute Gasteiger partial charge is 0.494 e. The van der Waals surface area contributed by atoms with Crippen LogP contribution < -0.4 is 4.74 Å². The van der Waals surface area contributed by atoms with Crippen LogP contribution in [-0.4, -0.2) is 11.7 Å². The van der Waals surface area contributed by atoms with Gasteiger partial charge in [-0.25, -0.2) is 0 Å². The molecular weight excluding hydrogens is 152 g/mol. The summed E-state index contributed by atoms with van der Waals surface area (Å²) in [6.07, 6.45) is 1.00. The van der Waals surface area contributed by atoms with Crippen LogP contribution in [0.5, 0.6) is 5.75 Å². The molecule has 0 radical (unpaired) electrons. The van der Waals surface area contributed by atoms with Crippen molar-refractivity contribution in [2.75, 3.05) is 6.61 Å². The standard InChI is InChI=1S/C10H14O2/c1-2-6-12-10-5-3-4-9(7-10)8-11/h3-5,7,11H,2,6,8H2,1H3. The summed E-state index contributed by atoms with van der Waals surface area (Å²) in [5, 5.41) is 8.83. The first-order valence-corrected chi connectivity index (χ1v) is 4.19. The molecule has 0 atom stereocenters. The lowest BCUT2D eigenvalue weighted by molar-refractivity contribution is 0.279. The second-order valence-electron chi connectivity index (χ2n) is 2.65. The Kier molecular flexibility index (Phi) is 3.61. The molecular formula is C10H14O2. The molecule has 0 amide bonds. The molecule has 0 aliphatic heterocycles. The fraction of sp³-hybridized carbons (Fsp3) is 0.400. The maximum absolute atomic E-state index is 8.83. The highest BCUT2D eigenvalue weighted by atomic mass is 16.5. The van der Waals surface area contributed by atoms with Crippen LogP contribution >= 0.6 is 0 Å². The zero-order chi connectivity index (χ0) is 8.81. The van der Waals surface area contributed by atoms with Gasteiger partial charge >= 0.3 is 0 Å². The van der Waals surface area contributed by atoms with Crippen molar-refractivity contribution in [2.45, 2.75) is 20.0 Å². The number of hydrogen-bond donors (Lipinski definition) is 1. The minimum Gasteiger partial charge on any atom is -0.494 e. The monoisotopic (exact) mass is 166 g/mol. The molecule has 12 heavy (non-hydrogen) atoms. The van der Waals surface area contributed by atoms with Gasteiger partial charge in [0, 0.05) is 0 Å². The molecule has 0 heterocycles. The number of hydrogen-bond acceptors (Lipinski definition) is 2. The first kappa shape index (κ1) is 9.07. The van der Waals surface area contributed by atoms with Crippen LogP contribution in [-0.2, 0) is 6.61 Å². The van der Waals surface area contributed by atoms with Gasteiger partial charge in [0.15, 0.2) is 0 Å². The van der Waals surface area contributed by atoms with Gasteiger partial charge in [-0.05, 0) is 24.1 Å². The van der Waals surface area contributed by atoms with Gasteiger partial charge in [-0.2, -0.15) is 0 Å². The third-order valence-electron chi connectivity index (χ3n) is 1.55. The summed E-state index contributed by atoms with van der Waals surface area (Å²) in [4.78, 5) is 0. The van der Waals surface area contributed by atoms with E-state index in [0.29, 0.717) is 0 Å². The molecule has 66 valence electrons. The van der Waals surface area contributed by atoms with Gasteiger partial charge in [-0.1, -0.05) is 19.1 Å². The van der Waals surface area contributed by atoms with Crippen molar-refractivity contribution in [3.63, 3.8) is 0 Å². The van der Waals surface area contributed by atoms with Crippen molar-refractivity contribution < 1.29 is 9.84 Å². The maximum Gasteiger partial charge on any atom is 0.119 e. The lowest BCUT2D eigenvalue weighted by Gasteiger charge is -2.04. The van der Waals surface area contributed by atoms with Crippen LogP contribution in [0, 0.1) is 0 Å². The highest BCUT2D eigenvalue weighted by Gasteiger charge is 1.93. The van der Waals surface area contributed by atoms with E-state index < -0.39 is 0 Å². The third-order valence-corrected chi connectivity index (χ3v) is 1.55. The highest BCUT2D eigenvalue weighted by molar-refractivity contribution is 5.27. The van der Waals surface area contributed by atoms with E-state index in [1.54, 1.807) is 0 Å². The van der Waals surface area contributed by atoms with Crippen LogP contribution in [0.4, 0.5) is 0 Å². The van der Waals surface area contributed by atoms with Crippen molar-refractivity contribution in [2.24, 2.45) is 0 Å². The normalized spacial score (nSPS) is 9.83. The molecule has 0 bridgehead atoms. The number of benzene rings is 1. The Morgan fingerprint density at radius 2 is 2.25 bits per heavy atom. The van der Waals surface area contributed by atoms with E-state index in [1.165, 1.54) is 0 Å². The number of ether oxygens (including phenoxy) is 1. The molecule has 1 aromatic rings. The van der Waals surface area contributed by atoms with E-state index in [0.717, 1.165) is 24.3 Å². The zero-order valence-electron chi connectivity index (χ0n) is 7.29. The molecule has 2 nitrogen and oxygen atoms in total. The highest BCUT2D eigenvalue weighted by Crippen LogP contribution is 2.13. The average molecular weight is 166 g/mol. The zero-order valence-corrected chi connectivity index (χ0v) is 7.29. The second kappa shape index (κ2) is 4.78. The van der Waals surface area contributed by atoms with Gasteiger partial charge in [-0.3, -0.25) is 0 Å². The molecule has 0 unspecified atom stereocenters. The lowest BCUT2D eigenvalue weighted by atomic mass is 10.2. The van der Waals surface area contributed by atoms with E-state index in [-0.39, 0.29) is 6.61 Å². The maximum atomic E-state index is 8.83. The number of aliphatic hydroxyl groups is 1. The molecule has 0 spiro atoms. The van der Waals surface area contributed by atoms with E-state index in [2.05, 4.69) is 6.92 Å². The van der Waals surface area contributed by atoms with Crippen LogP contribution in [0.15, 0.2) is 24.3 Å². The summed E-state index contributed by atoms with van der Waals surface area (Å²) in [6.45, 7) is 2.87. The summed E-state index contributed by atoms with van der Waals surface area (Å²) in [5.74, 6) is 0.836. The SMILES string of the molecule is CCCOc1cccc(CO)c1. The summed E-state index contributed by atoms with van der Waals surface area (Å²) in [5.41, 5.74) is 0.892. The first-order chi connectivity index (χ1) is 5.86. The molecule has 1 rings (SSSR count). The molecule has 1 N–H and O–H groups in total. The smallest absolute Gasteiger partial charge is 0.119 e. The molecule has 0 saturated carbocycles. The molecule has 0 saturated heterocycles. The van der Waals surface area contributed by atoms with E-state index >= 15 is 0 Å². The van der Waals surface area contributed by atoms with E-state index in [4.69, 9.17) is 9.84 Å². The minimum atomic E-state index is 0.0727. The van der Waals surface area contributed by atoms with E-state index in [9.17, 15) is 0 Å². The van der Waals surface area contributed by atoms with Crippen molar-refractivity contribution in [3.8, 4) is 5.75 Å². The van der Waals surface area contributed by atoms with Crippen molar-refractivity contribution in [3.05, 3.63) is 29.8 Å². The lowest BCUT2D eigenvalue weighted by Crippen LogP contribution is -1.95. The van der Waals surface area contributed by atoms with Crippen LogP contribution in [0.2, 0.25) is 0 Å². The van der Waals surface area contributed by atoms with Crippen molar-refractivity contribution in [1.29, 1.82) is 0 Å². The van der Waals surface area contributed by atoms with Crippen molar-refractivity contribution in [1.82, 2.24) is 0 Å². The van der Waals surface area contributed by atoms with Gasteiger partial charge in [0.25, 0.3) is 0 Å². The molecule has 0 aliphatic rings. The summed E-state index contributed by atoms with van der Waals surface area (Å²) >= 11 is 0. The predicted octanol–water partition coefficient (Wildman–Crippen LogP) is 1.97. The second-order valence-corrected chi connectivity index (χ2v) is 2.65. The van der Waals surface area contributed by atoms with E-state index in [1.807, 2.05) is 24.3 Å². The summed E-state index contributed by atoms with van der Waals surface area (Å²) in [6, 6.07) is 7.51. The molecule has 0 aliphatic carbocycles. The van der Waals surface area contributed by atoms with Gasteiger partial charge < -0.3 is 9.84 Å². The molecule has 0 fully saturated rings. The molecule has 1 aromatic carbocycles. The summed E-state index contributed by atoms with van der Waals surface area (Å²) in [7, 11) is 0. The quantitative estimate of drug-likeness (QED) is 0.741. The fourth-order valence-electron chi connectivity index (χ4n) is 0.954. The Bertz CT molecular complexity index is 233. The van der Waals surface area contributed by atoms with Gasteiger partial charge in [0.2, 0.25) is 0 Å². The van der Waals surface area contributed by atoms with Gasteiger partial charge in [-0.15, -0.1) is 0 Å². The van der Waals surface area contributed by atoms with Crippen LogP contribution in [0.3, 0.4) is 0 Å². The number of aliphatic hydroxyl groups excluding tert-OH is 1. The fourth-order valence-corrected chi connectivity index (χ4v) is 0.954. The van der Waals surface area contributed by atoms with Gasteiger partial charge in [0.1, 0.15) is 5.75 Å². The minimum absolute atomic E-state index is 0.0727. The Morgan fingerprint density at radius 3 is 2.92 bits per heavy atom. The Balaban J connectivity index is 2.60. The summed E-state index contributed by atoms with van der Waals surface area (Å²) < 4.78 is 5.39. The average Bonchev–Trinajstić information content (AvgIpc) is 2.15. The third kappa shape index (κ3) is 2.55. The first-order valence-electron chi connectivity index (χ1n) is 4.19. The topological polar surface area (TPSA) is 29.5 Å². The van der Waals surface area contributed by atoms with Crippen LogP contribution in [0.25, 0.3) is 0 Å². The van der Waals surface area contributed by atoms with Gasteiger partial charge in [0.05, 0.1) is 13.2 Å². The molecule has 2 heteroatoms. The number of rotatable bonds is 4. The predicted molar refractivity (Wildman–Crippen MR) is 48.2 cm³/mol. The molecule has 0 aromatic heterocycles. The van der Waals surface area contributed by atoms with Crippen LogP contribution in [0.1, 0.15) is 18.9 Å². The Labute approximate surface area is 72.8 Å².